The number of aliphatic hydroxyl groups excluding tert-OH is 1. The first-order chi connectivity index (χ1) is 8.33. The first-order valence-corrected chi connectivity index (χ1v) is 6.09. The maximum atomic E-state index is 9.88. The lowest BCUT2D eigenvalue weighted by Gasteiger charge is -2.27. The number of aromatic nitrogens is 3. The Kier molecular flexibility index (Phi) is 2.68. The second kappa shape index (κ2) is 4.33. The molecular formula is C12H16N4O. The van der Waals surface area contributed by atoms with E-state index in [9.17, 15) is 5.11 Å². The monoisotopic (exact) mass is 232 g/mol. The second-order valence-electron chi connectivity index (χ2n) is 4.54. The maximum Gasteiger partial charge on any atom is 0.243 e. The summed E-state index contributed by atoms with van der Waals surface area (Å²) in [7, 11) is 0. The molecule has 2 atom stereocenters. The van der Waals surface area contributed by atoms with Crippen LogP contribution in [0.5, 0.6) is 0 Å². The average Bonchev–Trinajstić information content (AvgIpc) is 2.74. The first kappa shape index (κ1) is 10.5. The van der Waals surface area contributed by atoms with Crippen molar-refractivity contribution in [1.82, 2.24) is 14.6 Å². The first-order valence-electron chi connectivity index (χ1n) is 6.09. The van der Waals surface area contributed by atoms with Crippen molar-refractivity contribution in [3.8, 4) is 0 Å². The summed E-state index contributed by atoms with van der Waals surface area (Å²) in [5, 5.41) is 17.4. The van der Waals surface area contributed by atoms with Crippen molar-refractivity contribution in [2.24, 2.45) is 0 Å². The predicted octanol–water partition coefficient (Wildman–Crippen LogP) is 1.44. The Bertz CT molecular complexity index is 477. The van der Waals surface area contributed by atoms with Gasteiger partial charge in [-0.2, -0.15) is 4.98 Å². The van der Waals surface area contributed by atoms with Gasteiger partial charge in [0.1, 0.15) is 0 Å². The van der Waals surface area contributed by atoms with Gasteiger partial charge in [-0.15, -0.1) is 5.10 Å². The highest BCUT2D eigenvalue weighted by Crippen LogP contribution is 2.21. The van der Waals surface area contributed by atoms with Crippen molar-refractivity contribution in [1.29, 1.82) is 0 Å². The molecule has 1 aliphatic rings. The van der Waals surface area contributed by atoms with E-state index in [2.05, 4.69) is 15.4 Å². The van der Waals surface area contributed by atoms with Crippen LogP contribution in [-0.2, 0) is 0 Å². The molecule has 2 aromatic rings. The zero-order valence-corrected chi connectivity index (χ0v) is 9.58. The number of aliphatic hydroxyl groups is 1. The van der Waals surface area contributed by atoms with Crippen LogP contribution in [0.2, 0.25) is 0 Å². The molecule has 0 bridgehead atoms. The molecule has 3 rings (SSSR count). The van der Waals surface area contributed by atoms with Crippen molar-refractivity contribution in [3.63, 3.8) is 0 Å². The minimum Gasteiger partial charge on any atom is -0.391 e. The molecule has 1 aliphatic carbocycles. The SMILES string of the molecule is OC1CCCCC1Nc1nc2ccccn2n1. The van der Waals surface area contributed by atoms with E-state index in [-0.39, 0.29) is 12.1 Å². The highest BCUT2D eigenvalue weighted by molar-refractivity contribution is 5.43. The fourth-order valence-electron chi connectivity index (χ4n) is 2.34. The average molecular weight is 232 g/mol. The van der Waals surface area contributed by atoms with Gasteiger partial charge in [-0.1, -0.05) is 18.9 Å². The minimum atomic E-state index is -0.282. The molecule has 17 heavy (non-hydrogen) atoms. The molecule has 0 radical (unpaired) electrons. The number of pyridine rings is 1. The number of fused-ring (bicyclic) bond motifs is 1. The van der Waals surface area contributed by atoms with Crippen LogP contribution in [0.4, 0.5) is 5.95 Å². The summed E-state index contributed by atoms with van der Waals surface area (Å²) in [6, 6.07) is 5.85. The highest BCUT2D eigenvalue weighted by atomic mass is 16.3. The van der Waals surface area contributed by atoms with Gasteiger partial charge in [0.2, 0.25) is 5.95 Å². The molecule has 5 heteroatoms. The Morgan fingerprint density at radius 3 is 3.00 bits per heavy atom. The molecule has 0 amide bonds. The molecule has 0 aromatic carbocycles. The Hall–Kier alpha value is -1.62. The van der Waals surface area contributed by atoms with Gasteiger partial charge in [0.15, 0.2) is 5.65 Å². The molecule has 5 nitrogen and oxygen atoms in total. The topological polar surface area (TPSA) is 62.5 Å². The molecule has 1 fully saturated rings. The highest BCUT2D eigenvalue weighted by Gasteiger charge is 2.23. The van der Waals surface area contributed by atoms with Gasteiger partial charge in [-0.05, 0) is 25.0 Å². The Balaban J connectivity index is 1.79. The smallest absolute Gasteiger partial charge is 0.243 e. The summed E-state index contributed by atoms with van der Waals surface area (Å²) in [5.74, 6) is 0.599. The van der Waals surface area contributed by atoms with E-state index >= 15 is 0 Å². The van der Waals surface area contributed by atoms with Crippen molar-refractivity contribution < 1.29 is 5.11 Å². The van der Waals surface area contributed by atoms with Crippen molar-refractivity contribution >= 4 is 11.6 Å². The van der Waals surface area contributed by atoms with Gasteiger partial charge < -0.3 is 10.4 Å². The molecule has 2 aromatic heterocycles. The molecule has 0 aliphatic heterocycles. The van der Waals surface area contributed by atoms with Gasteiger partial charge >= 0.3 is 0 Å². The Morgan fingerprint density at radius 1 is 1.29 bits per heavy atom. The Morgan fingerprint density at radius 2 is 2.18 bits per heavy atom. The normalized spacial score (nSPS) is 25.0. The van der Waals surface area contributed by atoms with Gasteiger partial charge in [-0.3, -0.25) is 0 Å². The largest absolute Gasteiger partial charge is 0.391 e. The van der Waals surface area contributed by atoms with Crippen LogP contribution >= 0.6 is 0 Å². The number of nitrogens with zero attached hydrogens (tertiary/aromatic N) is 3. The number of rotatable bonds is 2. The zero-order valence-electron chi connectivity index (χ0n) is 9.58. The minimum absolute atomic E-state index is 0.0844. The number of nitrogens with one attached hydrogen (secondary N) is 1. The number of hydrogen-bond acceptors (Lipinski definition) is 4. The molecule has 0 spiro atoms. The van der Waals surface area contributed by atoms with Gasteiger partial charge in [0.25, 0.3) is 0 Å². The summed E-state index contributed by atoms with van der Waals surface area (Å²) in [6.45, 7) is 0. The molecule has 90 valence electrons. The molecule has 0 saturated heterocycles. The van der Waals surface area contributed by atoms with Crippen LogP contribution in [-0.4, -0.2) is 31.9 Å². The molecule has 1 saturated carbocycles. The van der Waals surface area contributed by atoms with E-state index in [0.717, 1.165) is 31.3 Å². The maximum absolute atomic E-state index is 9.88. The van der Waals surface area contributed by atoms with Crippen LogP contribution in [0.3, 0.4) is 0 Å². The molecule has 2 N–H and O–H groups in total. The van der Waals surface area contributed by atoms with Crippen LogP contribution in [0.1, 0.15) is 25.7 Å². The van der Waals surface area contributed by atoms with Gasteiger partial charge in [-0.25, -0.2) is 4.52 Å². The van der Waals surface area contributed by atoms with Crippen LogP contribution in [0, 0.1) is 0 Å². The summed E-state index contributed by atoms with van der Waals surface area (Å²) in [4.78, 5) is 4.37. The third-order valence-electron chi connectivity index (χ3n) is 3.29. The van der Waals surface area contributed by atoms with E-state index < -0.39 is 0 Å². The lowest BCUT2D eigenvalue weighted by molar-refractivity contribution is 0.116. The van der Waals surface area contributed by atoms with Crippen molar-refractivity contribution in [3.05, 3.63) is 24.4 Å². The summed E-state index contributed by atoms with van der Waals surface area (Å²) < 4.78 is 1.73. The van der Waals surface area contributed by atoms with E-state index in [4.69, 9.17) is 0 Å². The van der Waals surface area contributed by atoms with Crippen LogP contribution in [0.25, 0.3) is 5.65 Å². The standard InChI is InChI=1S/C12H16N4O/c17-10-6-2-1-5-9(10)13-12-14-11-7-3-4-8-16(11)15-12/h3-4,7-10,17H,1-2,5-6H2,(H,13,15). The van der Waals surface area contributed by atoms with E-state index in [1.54, 1.807) is 4.52 Å². The summed E-state index contributed by atoms with van der Waals surface area (Å²) >= 11 is 0. The quantitative estimate of drug-likeness (QED) is 0.822. The van der Waals surface area contributed by atoms with E-state index in [1.807, 2.05) is 24.4 Å². The van der Waals surface area contributed by atoms with Crippen molar-refractivity contribution in [2.75, 3.05) is 5.32 Å². The van der Waals surface area contributed by atoms with Gasteiger partial charge in [0, 0.05) is 6.20 Å². The third-order valence-corrected chi connectivity index (χ3v) is 3.29. The number of anilines is 1. The van der Waals surface area contributed by atoms with E-state index in [0.29, 0.717) is 5.95 Å². The van der Waals surface area contributed by atoms with Crippen LogP contribution < -0.4 is 5.32 Å². The zero-order chi connectivity index (χ0) is 11.7. The van der Waals surface area contributed by atoms with E-state index in [1.165, 1.54) is 0 Å². The molecular weight excluding hydrogens is 216 g/mol. The lowest BCUT2D eigenvalue weighted by atomic mass is 9.93. The molecule has 2 heterocycles. The third kappa shape index (κ3) is 2.10. The molecule has 2 unspecified atom stereocenters. The van der Waals surface area contributed by atoms with Crippen LogP contribution in [0.15, 0.2) is 24.4 Å². The number of hydrogen-bond donors (Lipinski definition) is 2. The lowest BCUT2D eigenvalue weighted by Crippen LogP contribution is -2.36. The second-order valence-corrected chi connectivity index (χ2v) is 4.54. The fourth-order valence-corrected chi connectivity index (χ4v) is 2.34. The van der Waals surface area contributed by atoms with Gasteiger partial charge in [0.05, 0.1) is 12.1 Å². The fraction of sp³-hybridized carbons (Fsp3) is 0.500. The summed E-state index contributed by atoms with van der Waals surface area (Å²) in [6.07, 6.45) is 5.70. The predicted molar refractivity (Wildman–Crippen MR) is 64.9 cm³/mol. The van der Waals surface area contributed by atoms with Crippen molar-refractivity contribution in [2.45, 2.75) is 37.8 Å². The summed E-state index contributed by atoms with van der Waals surface area (Å²) in [5.41, 5.74) is 0.820. The Labute approximate surface area is 99.5 Å².